The molecule has 0 radical (unpaired) electrons. The van der Waals surface area contributed by atoms with Crippen LogP contribution in [0.5, 0.6) is 0 Å². The summed E-state index contributed by atoms with van der Waals surface area (Å²) in [6.45, 7) is 2.17. The van der Waals surface area contributed by atoms with E-state index in [1.807, 2.05) is 12.3 Å². The Bertz CT molecular complexity index is 457. The first-order valence-electron chi connectivity index (χ1n) is 5.43. The summed E-state index contributed by atoms with van der Waals surface area (Å²) >= 11 is 3.42. The highest BCUT2D eigenvalue weighted by Crippen LogP contribution is 2.16. The molecule has 2 heterocycles. The summed E-state index contributed by atoms with van der Waals surface area (Å²) in [4.78, 5) is 9.77. The normalized spacial score (nSPS) is 12.4. The fraction of sp³-hybridized carbons (Fsp3) is 0.333. The average Bonchev–Trinajstić information content (AvgIpc) is 2.82. The summed E-state index contributed by atoms with van der Waals surface area (Å²) in [6, 6.07) is 6.60. The summed E-state index contributed by atoms with van der Waals surface area (Å²) in [5.41, 5.74) is 0. The zero-order valence-corrected chi connectivity index (χ0v) is 11.5. The summed E-state index contributed by atoms with van der Waals surface area (Å²) in [7, 11) is 0. The third kappa shape index (κ3) is 3.71. The van der Waals surface area contributed by atoms with Crippen LogP contribution < -0.4 is 5.32 Å². The average molecular weight is 265 g/mol. The monoisotopic (exact) mass is 265 g/mol. The van der Waals surface area contributed by atoms with Crippen LogP contribution >= 0.6 is 23.1 Å². The Balaban J connectivity index is 1.95. The van der Waals surface area contributed by atoms with Crippen molar-refractivity contribution in [1.29, 1.82) is 0 Å². The van der Waals surface area contributed by atoms with Gasteiger partial charge in [-0.05, 0) is 24.6 Å². The molecule has 0 saturated carbocycles. The number of aromatic nitrogens is 2. The Kier molecular flexibility index (Phi) is 4.39. The standard InChI is InChI=1S/C12H15N3S2/c1-9(6-10-4-3-5-17-10)15-11-7-12(16-2)14-8-13-11/h3-5,7-9H,6H2,1-2H3,(H,13,14,15). The first-order chi connectivity index (χ1) is 8.28. The minimum atomic E-state index is 0.373. The summed E-state index contributed by atoms with van der Waals surface area (Å²) in [6.07, 6.45) is 4.64. The smallest absolute Gasteiger partial charge is 0.130 e. The van der Waals surface area contributed by atoms with E-state index in [0.717, 1.165) is 17.3 Å². The number of nitrogens with zero attached hydrogens (tertiary/aromatic N) is 2. The lowest BCUT2D eigenvalue weighted by molar-refractivity contribution is 0.791. The van der Waals surface area contributed by atoms with Crippen LogP contribution in [-0.4, -0.2) is 22.3 Å². The van der Waals surface area contributed by atoms with Gasteiger partial charge in [-0.15, -0.1) is 23.1 Å². The van der Waals surface area contributed by atoms with Gasteiger partial charge >= 0.3 is 0 Å². The molecule has 0 aliphatic rings. The van der Waals surface area contributed by atoms with E-state index in [-0.39, 0.29) is 0 Å². The van der Waals surface area contributed by atoms with Gasteiger partial charge in [-0.1, -0.05) is 6.07 Å². The van der Waals surface area contributed by atoms with Gasteiger partial charge in [0.15, 0.2) is 0 Å². The third-order valence-electron chi connectivity index (χ3n) is 2.33. The fourth-order valence-corrected chi connectivity index (χ4v) is 2.78. The number of thioether (sulfide) groups is 1. The molecule has 0 amide bonds. The first-order valence-corrected chi connectivity index (χ1v) is 7.53. The maximum atomic E-state index is 4.22. The molecule has 2 aromatic heterocycles. The van der Waals surface area contributed by atoms with Gasteiger partial charge in [-0.2, -0.15) is 0 Å². The number of hydrogen-bond donors (Lipinski definition) is 1. The lowest BCUT2D eigenvalue weighted by atomic mass is 10.2. The minimum absolute atomic E-state index is 0.373. The lowest BCUT2D eigenvalue weighted by Crippen LogP contribution is -2.18. The molecule has 0 spiro atoms. The highest BCUT2D eigenvalue weighted by Gasteiger charge is 2.05. The van der Waals surface area contributed by atoms with E-state index < -0.39 is 0 Å². The van der Waals surface area contributed by atoms with Gasteiger partial charge in [-0.25, -0.2) is 9.97 Å². The topological polar surface area (TPSA) is 37.8 Å². The van der Waals surface area contributed by atoms with E-state index in [9.17, 15) is 0 Å². The van der Waals surface area contributed by atoms with Crippen LogP contribution in [0.1, 0.15) is 11.8 Å². The molecule has 1 unspecified atom stereocenters. The number of nitrogens with one attached hydrogen (secondary N) is 1. The summed E-state index contributed by atoms with van der Waals surface area (Å²) < 4.78 is 0. The molecule has 1 N–H and O–H groups in total. The Morgan fingerprint density at radius 1 is 1.47 bits per heavy atom. The Labute approximate surface area is 110 Å². The van der Waals surface area contributed by atoms with Crippen molar-refractivity contribution in [2.75, 3.05) is 11.6 Å². The van der Waals surface area contributed by atoms with E-state index in [0.29, 0.717) is 6.04 Å². The molecular weight excluding hydrogens is 250 g/mol. The van der Waals surface area contributed by atoms with Gasteiger partial charge < -0.3 is 5.32 Å². The molecule has 1 atom stereocenters. The van der Waals surface area contributed by atoms with E-state index >= 15 is 0 Å². The second-order valence-electron chi connectivity index (χ2n) is 3.77. The maximum absolute atomic E-state index is 4.22. The molecule has 0 saturated heterocycles. The highest BCUT2D eigenvalue weighted by atomic mass is 32.2. The van der Waals surface area contributed by atoms with Crippen LogP contribution in [-0.2, 0) is 6.42 Å². The first kappa shape index (κ1) is 12.4. The number of hydrogen-bond acceptors (Lipinski definition) is 5. The van der Waals surface area contributed by atoms with Crippen molar-refractivity contribution in [3.05, 3.63) is 34.8 Å². The molecule has 0 bridgehead atoms. The zero-order valence-electron chi connectivity index (χ0n) is 9.88. The number of thiophene rings is 1. The molecule has 2 aromatic rings. The largest absolute Gasteiger partial charge is 0.367 e. The van der Waals surface area contributed by atoms with Crippen molar-refractivity contribution >= 4 is 28.9 Å². The van der Waals surface area contributed by atoms with E-state index in [2.05, 4.69) is 39.7 Å². The summed E-state index contributed by atoms with van der Waals surface area (Å²) in [5, 5.41) is 6.50. The summed E-state index contributed by atoms with van der Waals surface area (Å²) in [5.74, 6) is 0.897. The van der Waals surface area contributed by atoms with Gasteiger partial charge in [0, 0.05) is 23.4 Å². The van der Waals surface area contributed by atoms with Crippen LogP contribution in [0.15, 0.2) is 34.9 Å². The number of rotatable bonds is 5. The Hall–Kier alpha value is -1.07. The van der Waals surface area contributed by atoms with Crippen molar-refractivity contribution in [3.63, 3.8) is 0 Å². The molecule has 3 nitrogen and oxygen atoms in total. The van der Waals surface area contributed by atoms with Crippen molar-refractivity contribution < 1.29 is 0 Å². The van der Waals surface area contributed by atoms with Crippen LogP contribution in [0.2, 0.25) is 0 Å². The van der Waals surface area contributed by atoms with Gasteiger partial charge in [0.2, 0.25) is 0 Å². The molecule has 0 aromatic carbocycles. The van der Waals surface area contributed by atoms with Crippen molar-refractivity contribution in [1.82, 2.24) is 9.97 Å². The van der Waals surface area contributed by atoms with Crippen molar-refractivity contribution in [3.8, 4) is 0 Å². The molecule has 0 aliphatic heterocycles. The molecule has 2 rings (SSSR count). The predicted octanol–water partition coefficient (Wildman–Crippen LogP) is 3.30. The molecule has 17 heavy (non-hydrogen) atoms. The van der Waals surface area contributed by atoms with Gasteiger partial charge in [0.25, 0.3) is 0 Å². The van der Waals surface area contributed by atoms with E-state index in [1.54, 1.807) is 29.4 Å². The van der Waals surface area contributed by atoms with Crippen LogP contribution in [0, 0.1) is 0 Å². The SMILES string of the molecule is CSc1cc(NC(C)Cc2cccs2)ncn1. The third-order valence-corrected chi connectivity index (χ3v) is 3.87. The Morgan fingerprint density at radius 2 is 2.35 bits per heavy atom. The zero-order chi connectivity index (χ0) is 12.1. The van der Waals surface area contributed by atoms with Crippen molar-refractivity contribution in [2.45, 2.75) is 24.4 Å². The molecule has 0 fully saturated rings. The molecular formula is C12H15N3S2. The van der Waals surface area contributed by atoms with E-state index in [4.69, 9.17) is 0 Å². The van der Waals surface area contributed by atoms with E-state index in [1.165, 1.54) is 4.88 Å². The number of anilines is 1. The van der Waals surface area contributed by atoms with Gasteiger partial charge in [0.05, 0.1) is 0 Å². The van der Waals surface area contributed by atoms with Crippen LogP contribution in [0.3, 0.4) is 0 Å². The van der Waals surface area contributed by atoms with Crippen LogP contribution in [0.4, 0.5) is 5.82 Å². The molecule has 5 heteroatoms. The van der Waals surface area contributed by atoms with Gasteiger partial charge in [-0.3, -0.25) is 0 Å². The predicted molar refractivity (Wildman–Crippen MR) is 74.9 cm³/mol. The van der Waals surface area contributed by atoms with Gasteiger partial charge in [0.1, 0.15) is 17.2 Å². The second-order valence-corrected chi connectivity index (χ2v) is 5.63. The minimum Gasteiger partial charge on any atom is -0.367 e. The lowest BCUT2D eigenvalue weighted by Gasteiger charge is -2.13. The highest BCUT2D eigenvalue weighted by molar-refractivity contribution is 7.98. The fourth-order valence-electron chi connectivity index (χ4n) is 1.56. The second kappa shape index (κ2) is 6.02. The molecule has 0 aliphatic carbocycles. The Morgan fingerprint density at radius 3 is 3.06 bits per heavy atom. The molecule has 90 valence electrons. The quantitative estimate of drug-likeness (QED) is 0.665. The van der Waals surface area contributed by atoms with Crippen molar-refractivity contribution in [2.24, 2.45) is 0 Å². The maximum Gasteiger partial charge on any atom is 0.130 e. The van der Waals surface area contributed by atoms with Crippen LogP contribution in [0.25, 0.3) is 0 Å².